The first-order valence-corrected chi connectivity index (χ1v) is 6.15. The summed E-state index contributed by atoms with van der Waals surface area (Å²) < 4.78 is 0. The van der Waals surface area contributed by atoms with Gasteiger partial charge in [-0.3, -0.25) is 5.41 Å². The largest absolute Gasteiger partial charge is 0.360 e. The Balaban J connectivity index is 4.51. The van der Waals surface area contributed by atoms with E-state index in [0.717, 1.165) is 44.8 Å². The van der Waals surface area contributed by atoms with Crippen LogP contribution in [0, 0.1) is 5.41 Å². The van der Waals surface area contributed by atoms with Crippen LogP contribution in [0.4, 0.5) is 0 Å². The summed E-state index contributed by atoms with van der Waals surface area (Å²) in [5.41, 5.74) is -0.549. The lowest BCUT2D eigenvalue weighted by Crippen LogP contribution is -2.53. The average molecular weight is 227 g/mol. The Bertz CT molecular complexity index is 208. The van der Waals surface area contributed by atoms with Crippen LogP contribution in [0.25, 0.3) is 0 Å². The first-order chi connectivity index (χ1) is 7.64. The first-order valence-electron chi connectivity index (χ1n) is 6.15. The Morgan fingerprint density at radius 3 is 2.06 bits per heavy atom. The molecule has 0 aliphatic carbocycles. The monoisotopic (exact) mass is 227 g/mol. The minimum Gasteiger partial charge on any atom is -0.360 e. The quantitative estimate of drug-likeness (QED) is 0.338. The van der Waals surface area contributed by atoms with Crippen molar-refractivity contribution in [1.29, 1.82) is 5.41 Å². The molecule has 0 spiro atoms. The molecule has 94 valence electrons. The van der Waals surface area contributed by atoms with Gasteiger partial charge in [0.25, 0.3) is 0 Å². The third-order valence-corrected chi connectivity index (χ3v) is 2.80. The minimum absolute atomic E-state index is 0.222. The number of nitrogens with one attached hydrogen (secondary N) is 3. The number of rotatable bonds is 8. The normalized spacial score (nSPS) is 10.9. The van der Waals surface area contributed by atoms with Gasteiger partial charge in [0, 0.05) is 7.05 Å². The van der Waals surface area contributed by atoms with Crippen molar-refractivity contribution >= 4 is 12.2 Å². The van der Waals surface area contributed by atoms with Gasteiger partial charge >= 0.3 is 0 Å². The smallest absolute Gasteiger partial charge is 0.188 e. The van der Waals surface area contributed by atoms with Crippen LogP contribution in [0.2, 0.25) is 0 Å². The predicted octanol–water partition coefficient (Wildman–Crippen LogP) is 2.05. The molecular weight excluding hydrogens is 202 g/mol. The van der Waals surface area contributed by atoms with Crippen molar-refractivity contribution in [2.45, 2.75) is 57.9 Å². The molecule has 0 saturated heterocycles. The maximum absolute atomic E-state index is 11.3. The molecule has 4 nitrogen and oxygen atoms in total. The van der Waals surface area contributed by atoms with Crippen LogP contribution in [0.1, 0.15) is 52.4 Å². The molecule has 0 heterocycles. The lowest BCUT2D eigenvalue weighted by atomic mass is 9.88. The molecule has 3 N–H and O–H groups in total. The molecule has 0 saturated carbocycles. The van der Waals surface area contributed by atoms with Crippen LogP contribution in [-0.4, -0.2) is 24.8 Å². The second kappa shape index (κ2) is 8.13. The molecule has 0 radical (unpaired) electrons. The fourth-order valence-electron chi connectivity index (χ4n) is 1.69. The van der Waals surface area contributed by atoms with Gasteiger partial charge in [-0.05, 0) is 12.8 Å². The van der Waals surface area contributed by atoms with Gasteiger partial charge in [-0.15, -0.1) is 0 Å². The third kappa shape index (κ3) is 5.14. The zero-order valence-electron chi connectivity index (χ0n) is 10.7. The molecule has 0 fully saturated rings. The summed E-state index contributed by atoms with van der Waals surface area (Å²) in [6.07, 6.45) is 6.73. The fraction of sp³-hybridized carbons (Fsp3) is 0.833. The van der Waals surface area contributed by atoms with Crippen molar-refractivity contribution in [2.75, 3.05) is 7.05 Å². The Hall–Kier alpha value is -1.06. The van der Waals surface area contributed by atoms with Crippen molar-refractivity contribution in [2.24, 2.45) is 0 Å². The zero-order chi connectivity index (χ0) is 12.4. The predicted molar refractivity (Wildman–Crippen MR) is 67.8 cm³/mol. The van der Waals surface area contributed by atoms with Crippen molar-refractivity contribution in [3.63, 3.8) is 0 Å². The minimum atomic E-state index is -0.549. The highest BCUT2D eigenvalue weighted by atomic mass is 16.1. The SMILES string of the molecule is CCCCC(C=O)(CCCC)NC(=N)NC. The Kier molecular flexibility index (Phi) is 7.60. The second-order valence-electron chi connectivity index (χ2n) is 4.23. The summed E-state index contributed by atoms with van der Waals surface area (Å²) >= 11 is 0. The lowest BCUT2D eigenvalue weighted by molar-refractivity contribution is -0.113. The summed E-state index contributed by atoms with van der Waals surface area (Å²) in [5.74, 6) is 0.222. The van der Waals surface area contributed by atoms with Crippen LogP contribution in [-0.2, 0) is 4.79 Å². The molecule has 16 heavy (non-hydrogen) atoms. The van der Waals surface area contributed by atoms with Gasteiger partial charge in [-0.1, -0.05) is 39.5 Å². The van der Waals surface area contributed by atoms with Gasteiger partial charge in [0.15, 0.2) is 5.96 Å². The van der Waals surface area contributed by atoms with Crippen LogP contribution in [0.3, 0.4) is 0 Å². The molecular formula is C12H25N3O. The third-order valence-electron chi connectivity index (χ3n) is 2.80. The van der Waals surface area contributed by atoms with Gasteiger partial charge < -0.3 is 15.4 Å². The van der Waals surface area contributed by atoms with E-state index in [0.29, 0.717) is 0 Å². The number of aldehydes is 1. The summed E-state index contributed by atoms with van der Waals surface area (Å²) in [4.78, 5) is 11.3. The van der Waals surface area contributed by atoms with E-state index in [1.807, 2.05) is 0 Å². The summed E-state index contributed by atoms with van der Waals surface area (Å²) in [7, 11) is 1.69. The Morgan fingerprint density at radius 1 is 1.25 bits per heavy atom. The number of carbonyl (C=O) groups excluding carboxylic acids is 1. The van der Waals surface area contributed by atoms with Gasteiger partial charge in [0.2, 0.25) is 0 Å². The molecule has 0 bridgehead atoms. The second-order valence-corrected chi connectivity index (χ2v) is 4.23. The zero-order valence-corrected chi connectivity index (χ0v) is 10.7. The molecule has 0 aromatic rings. The topological polar surface area (TPSA) is 65.0 Å². The Labute approximate surface area is 98.7 Å². The highest BCUT2D eigenvalue weighted by Gasteiger charge is 2.28. The van der Waals surface area contributed by atoms with Crippen LogP contribution in [0.15, 0.2) is 0 Å². The average Bonchev–Trinajstić information content (AvgIpc) is 2.32. The van der Waals surface area contributed by atoms with Gasteiger partial charge in [-0.2, -0.15) is 0 Å². The Morgan fingerprint density at radius 2 is 1.75 bits per heavy atom. The van der Waals surface area contributed by atoms with Crippen molar-refractivity contribution < 1.29 is 4.79 Å². The standard InChI is InChI=1S/C12H25N3O/c1-4-6-8-12(10-16,9-7-5-2)15-11(13)14-3/h10H,4-9H2,1-3H3,(H3,13,14,15). The maximum atomic E-state index is 11.3. The summed E-state index contributed by atoms with van der Waals surface area (Å²) in [6, 6.07) is 0. The van der Waals surface area contributed by atoms with Crippen LogP contribution >= 0.6 is 0 Å². The van der Waals surface area contributed by atoms with E-state index in [2.05, 4.69) is 24.5 Å². The molecule has 0 rings (SSSR count). The van der Waals surface area contributed by atoms with E-state index >= 15 is 0 Å². The van der Waals surface area contributed by atoms with Crippen molar-refractivity contribution in [3.8, 4) is 0 Å². The van der Waals surface area contributed by atoms with E-state index in [9.17, 15) is 4.79 Å². The highest BCUT2D eigenvalue weighted by Crippen LogP contribution is 2.19. The van der Waals surface area contributed by atoms with E-state index in [1.165, 1.54) is 0 Å². The number of unbranched alkanes of at least 4 members (excludes halogenated alkanes) is 2. The highest BCUT2D eigenvalue weighted by molar-refractivity contribution is 5.81. The molecule has 0 aromatic carbocycles. The van der Waals surface area contributed by atoms with E-state index in [-0.39, 0.29) is 5.96 Å². The number of hydrogen-bond donors (Lipinski definition) is 3. The lowest BCUT2D eigenvalue weighted by Gasteiger charge is -2.30. The molecule has 0 amide bonds. The molecule has 0 unspecified atom stereocenters. The molecule has 0 aromatic heterocycles. The van der Waals surface area contributed by atoms with Gasteiger partial charge in [0.05, 0.1) is 5.54 Å². The van der Waals surface area contributed by atoms with E-state index < -0.39 is 5.54 Å². The van der Waals surface area contributed by atoms with Gasteiger partial charge in [-0.25, -0.2) is 0 Å². The van der Waals surface area contributed by atoms with E-state index in [1.54, 1.807) is 7.05 Å². The first kappa shape index (κ1) is 14.9. The van der Waals surface area contributed by atoms with Crippen LogP contribution in [0.5, 0.6) is 0 Å². The number of carbonyl (C=O) groups is 1. The summed E-state index contributed by atoms with van der Waals surface area (Å²) in [6.45, 7) is 4.22. The van der Waals surface area contributed by atoms with Crippen molar-refractivity contribution in [1.82, 2.24) is 10.6 Å². The number of hydrogen-bond acceptors (Lipinski definition) is 2. The van der Waals surface area contributed by atoms with Gasteiger partial charge in [0.1, 0.15) is 6.29 Å². The molecule has 0 aliphatic rings. The van der Waals surface area contributed by atoms with Crippen molar-refractivity contribution in [3.05, 3.63) is 0 Å². The molecule has 0 aliphatic heterocycles. The fourth-order valence-corrected chi connectivity index (χ4v) is 1.69. The maximum Gasteiger partial charge on any atom is 0.188 e. The summed E-state index contributed by atoms with van der Waals surface area (Å²) in [5, 5.41) is 13.3. The molecule has 4 heteroatoms. The van der Waals surface area contributed by atoms with E-state index in [4.69, 9.17) is 5.41 Å². The van der Waals surface area contributed by atoms with Crippen LogP contribution < -0.4 is 10.6 Å². The number of guanidine groups is 1. The molecule has 0 atom stereocenters.